The first kappa shape index (κ1) is 13.6. The van der Waals surface area contributed by atoms with Gasteiger partial charge in [-0.25, -0.2) is 19.9 Å². The quantitative estimate of drug-likeness (QED) is 0.804. The summed E-state index contributed by atoms with van der Waals surface area (Å²) in [7, 11) is 0. The van der Waals surface area contributed by atoms with Crippen LogP contribution in [0.3, 0.4) is 0 Å². The van der Waals surface area contributed by atoms with E-state index in [0.717, 1.165) is 11.0 Å². The van der Waals surface area contributed by atoms with Crippen molar-refractivity contribution in [3.8, 4) is 0 Å². The summed E-state index contributed by atoms with van der Waals surface area (Å²) in [4.78, 5) is 19.6. The Labute approximate surface area is 126 Å². The largest absolute Gasteiger partial charge is 0.336 e. The number of urea groups is 1. The number of carbonyl (C=O) groups excluding carboxylic acids is 1. The number of hydrogen-bond donors (Lipinski definition) is 1. The van der Waals surface area contributed by atoms with Crippen molar-refractivity contribution in [2.75, 3.05) is 12.0 Å². The van der Waals surface area contributed by atoms with Gasteiger partial charge < -0.3 is 4.90 Å². The number of para-hydroxylation sites is 2. The van der Waals surface area contributed by atoms with Gasteiger partial charge in [0.2, 0.25) is 0 Å². The van der Waals surface area contributed by atoms with E-state index in [1.54, 1.807) is 27.2 Å². The van der Waals surface area contributed by atoms with E-state index < -0.39 is 0 Å². The molecule has 0 fully saturated rings. The molecule has 0 saturated carbocycles. The zero-order chi connectivity index (χ0) is 14.7. The van der Waals surface area contributed by atoms with E-state index in [1.807, 2.05) is 48.7 Å². The van der Waals surface area contributed by atoms with Crippen molar-refractivity contribution in [1.29, 1.82) is 0 Å². The first-order valence-corrected chi connectivity index (χ1v) is 7.66. The highest BCUT2D eigenvalue weighted by Gasteiger charge is 2.13. The second kappa shape index (κ2) is 5.97. The number of rotatable bonds is 4. The third-order valence-electron chi connectivity index (χ3n) is 3.27. The van der Waals surface area contributed by atoms with Gasteiger partial charge in [0.1, 0.15) is 6.33 Å². The maximum absolute atomic E-state index is 12.4. The second-order valence-electron chi connectivity index (χ2n) is 4.61. The Morgan fingerprint density at radius 1 is 1.33 bits per heavy atom. The molecule has 108 valence electrons. The highest BCUT2D eigenvalue weighted by atomic mass is 32.1. The van der Waals surface area contributed by atoms with Crippen LogP contribution in [0.15, 0.2) is 48.1 Å². The SMILES string of the molecule is CCN(Cc1cccs1)C(=O)Nn1cnc2ccccc21. The maximum Gasteiger partial charge on any atom is 0.336 e. The third-order valence-corrected chi connectivity index (χ3v) is 4.13. The Morgan fingerprint density at radius 2 is 2.19 bits per heavy atom. The van der Waals surface area contributed by atoms with Gasteiger partial charge in [0, 0.05) is 11.4 Å². The van der Waals surface area contributed by atoms with E-state index in [4.69, 9.17) is 0 Å². The normalized spacial score (nSPS) is 10.7. The Hall–Kier alpha value is -2.34. The van der Waals surface area contributed by atoms with Gasteiger partial charge in [-0.15, -0.1) is 11.3 Å². The van der Waals surface area contributed by atoms with E-state index in [2.05, 4.69) is 10.4 Å². The third kappa shape index (κ3) is 2.90. The Bertz CT molecular complexity index is 735. The molecule has 0 aliphatic carbocycles. The number of thiophene rings is 1. The Kier molecular flexibility index (Phi) is 3.87. The molecule has 0 spiro atoms. The molecule has 0 radical (unpaired) electrons. The summed E-state index contributed by atoms with van der Waals surface area (Å²) in [5.74, 6) is 0. The summed E-state index contributed by atoms with van der Waals surface area (Å²) in [6, 6.07) is 11.6. The van der Waals surface area contributed by atoms with E-state index >= 15 is 0 Å². The minimum absolute atomic E-state index is 0.131. The van der Waals surface area contributed by atoms with Crippen LogP contribution in [-0.2, 0) is 6.54 Å². The van der Waals surface area contributed by atoms with Crippen molar-refractivity contribution in [3.05, 3.63) is 53.0 Å². The highest BCUT2D eigenvalue weighted by Crippen LogP contribution is 2.13. The Balaban J connectivity index is 1.75. The number of hydrogen-bond acceptors (Lipinski definition) is 3. The van der Waals surface area contributed by atoms with E-state index in [1.165, 1.54) is 4.88 Å². The van der Waals surface area contributed by atoms with Crippen molar-refractivity contribution < 1.29 is 4.79 Å². The predicted octanol–water partition coefficient (Wildman–Crippen LogP) is 3.28. The number of amides is 2. The van der Waals surface area contributed by atoms with E-state index in [-0.39, 0.29) is 6.03 Å². The van der Waals surface area contributed by atoms with Crippen LogP contribution in [-0.4, -0.2) is 27.1 Å². The summed E-state index contributed by atoms with van der Waals surface area (Å²) < 4.78 is 1.66. The number of carbonyl (C=O) groups is 1. The van der Waals surface area contributed by atoms with Crippen LogP contribution in [0, 0.1) is 0 Å². The lowest BCUT2D eigenvalue weighted by molar-refractivity contribution is 0.209. The molecule has 0 bridgehead atoms. The smallest absolute Gasteiger partial charge is 0.319 e. The average Bonchev–Trinajstić information content (AvgIpc) is 3.15. The van der Waals surface area contributed by atoms with Crippen LogP contribution in [0.4, 0.5) is 4.79 Å². The van der Waals surface area contributed by atoms with Crippen LogP contribution in [0.25, 0.3) is 11.0 Å². The minimum atomic E-state index is -0.131. The van der Waals surface area contributed by atoms with Crippen LogP contribution >= 0.6 is 11.3 Å². The molecular weight excluding hydrogens is 284 g/mol. The summed E-state index contributed by atoms with van der Waals surface area (Å²) in [5, 5.41) is 2.02. The fourth-order valence-corrected chi connectivity index (χ4v) is 2.86. The number of imidazole rings is 1. The molecule has 2 amide bonds. The molecule has 0 unspecified atom stereocenters. The first-order chi connectivity index (χ1) is 10.3. The number of fused-ring (bicyclic) bond motifs is 1. The predicted molar refractivity (Wildman–Crippen MR) is 84.9 cm³/mol. The van der Waals surface area contributed by atoms with Gasteiger partial charge in [-0.1, -0.05) is 18.2 Å². The Morgan fingerprint density at radius 3 is 2.95 bits per heavy atom. The fraction of sp³-hybridized carbons (Fsp3) is 0.200. The van der Waals surface area contributed by atoms with Gasteiger partial charge in [0.25, 0.3) is 0 Å². The first-order valence-electron chi connectivity index (χ1n) is 6.78. The van der Waals surface area contributed by atoms with Gasteiger partial charge in [-0.3, -0.25) is 0 Å². The standard InChI is InChI=1S/C15H16N4OS/c1-2-18(10-12-6-5-9-21-12)15(20)17-19-11-16-13-7-3-4-8-14(13)19/h3-9,11H,2,10H2,1H3,(H,17,20). The topological polar surface area (TPSA) is 50.2 Å². The van der Waals surface area contributed by atoms with Gasteiger partial charge in [0.05, 0.1) is 17.6 Å². The summed E-state index contributed by atoms with van der Waals surface area (Å²) >= 11 is 1.65. The average molecular weight is 300 g/mol. The van der Waals surface area contributed by atoms with Crippen LogP contribution in [0.2, 0.25) is 0 Å². The lowest BCUT2D eigenvalue weighted by Crippen LogP contribution is -2.37. The summed E-state index contributed by atoms with van der Waals surface area (Å²) in [6.07, 6.45) is 1.63. The zero-order valence-corrected chi connectivity index (χ0v) is 12.5. The monoisotopic (exact) mass is 300 g/mol. The van der Waals surface area contributed by atoms with Crippen molar-refractivity contribution in [1.82, 2.24) is 14.6 Å². The number of nitrogens with zero attached hydrogens (tertiary/aromatic N) is 3. The van der Waals surface area contributed by atoms with Crippen molar-refractivity contribution in [2.24, 2.45) is 0 Å². The van der Waals surface area contributed by atoms with Crippen LogP contribution in [0.1, 0.15) is 11.8 Å². The summed E-state index contributed by atoms with van der Waals surface area (Å²) in [5.41, 5.74) is 4.62. The van der Waals surface area contributed by atoms with Crippen LogP contribution < -0.4 is 5.43 Å². The maximum atomic E-state index is 12.4. The molecule has 0 aliphatic heterocycles. The molecular formula is C15H16N4OS. The molecule has 0 aliphatic rings. The van der Waals surface area contributed by atoms with E-state index in [0.29, 0.717) is 13.1 Å². The molecule has 2 aromatic heterocycles. The fourth-order valence-electron chi connectivity index (χ4n) is 2.14. The van der Waals surface area contributed by atoms with Gasteiger partial charge in [0.15, 0.2) is 0 Å². The van der Waals surface area contributed by atoms with Crippen molar-refractivity contribution in [2.45, 2.75) is 13.5 Å². The van der Waals surface area contributed by atoms with Gasteiger partial charge in [-0.05, 0) is 30.5 Å². The molecule has 0 saturated heterocycles. The van der Waals surface area contributed by atoms with Crippen LogP contribution in [0.5, 0.6) is 0 Å². The van der Waals surface area contributed by atoms with Gasteiger partial charge in [-0.2, -0.15) is 0 Å². The molecule has 21 heavy (non-hydrogen) atoms. The summed E-state index contributed by atoms with van der Waals surface area (Å²) in [6.45, 7) is 3.24. The molecule has 3 rings (SSSR count). The highest BCUT2D eigenvalue weighted by molar-refractivity contribution is 7.09. The molecule has 1 N–H and O–H groups in total. The number of aromatic nitrogens is 2. The minimum Gasteiger partial charge on any atom is -0.319 e. The molecule has 3 aromatic rings. The van der Waals surface area contributed by atoms with Crippen molar-refractivity contribution in [3.63, 3.8) is 0 Å². The molecule has 5 nitrogen and oxygen atoms in total. The number of benzene rings is 1. The van der Waals surface area contributed by atoms with E-state index in [9.17, 15) is 4.79 Å². The lowest BCUT2D eigenvalue weighted by atomic mass is 10.3. The van der Waals surface area contributed by atoms with Crippen molar-refractivity contribution >= 4 is 28.4 Å². The second-order valence-corrected chi connectivity index (χ2v) is 5.65. The molecule has 0 atom stereocenters. The molecule has 6 heteroatoms. The lowest BCUT2D eigenvalue weighted by Gasteiger charge is -2.21. The van der Waals surface area contributed by atoms with Gasteiger partial charge >= 0.3 is 6.03 Å². The number of nitrogens with one attached hydrogen (secondary N) is 1. The molecule has 1 aromatic carbocycles. The zero-order valence-electron chi connectivity index (χ0n) is 11.7. The molecule has 2 heterocycles.